The average molecular weight is 271 g/mol. The average Bonchev–Trinajstić information content (AvgIpc) is 2.90. The molecule has 2 aromatic rings. The number of likely N-dealkylation sites (tertiary alicyclic amines) is 1. The molecule has 2 heterocycles. The summed E-state index contributed by atoms with van der Waals surface area (Å²) >= 11 is 0. The number of rotatable bonds is 3. The van der Waals surface area contributed by atoms with Crippen LogP contribution in [-0.4, -0.2) is 28.0 Å². The van der Waals surface area contributed by atoms with E-state index in [2.05, 4.69) is 48.9 Å². The first-order chi connectivity index (χ1) is 9.67. The van der Waals surface area contributed by atoms with E-state index in [-0.39, 0.29) is 0 Å². The lowest BCUT2D eigenvalue weighted by atomic mass is 9.98. The van der Waals surface area contributed by atoms with Crippen molar-refractivity contribution < 1.29 is 0 Å². The molecular formula is C17H25N3. The van der Waals surface area contributed by atoms with E-state index in [1.54, 1.807) is 0 Å². The van der Waals surface area contributed by atoms with Crippen molar-refractivity contribution in [1.82, 2.24) is 14.9 Å². The van der Waals surface area contributed by atoms with E-state index >= 15 is 0 Å². The van der Waals surface area contributed by atoms with E-state index in [0.717, 1.165) is 23.7 Å². The number of piperidine rings is 1. The molecule has 3 nitrogen and oxygen atoms in total. The third kappa shape index (κ3) is 2.59. The lowest BCUT2D eigenvalue weighted by Crippen LogP contribution is -2.35. The number of imidazole rings is 1. The van der Waals surface area contributed by atoms with E-state index in [4.69, 9.17) is 4.98 Å². The van der Waals surface area contributed by atoms with E-state index in [1.807, 2.05) is 0 Å². The Bertz CT molecular complexity index is 579. The van der Waals surface area contributed by atoms with Gasteiger partial charge in [0.25, 0.3) is 0 Å². The number of nitrogens with zero attached hydrogens (tertiary/aromatic N) is 2. The maximum atomic E-state index is 4.79. The lowest BCUT2D eigenvalue weighted by molar-refractivity contribution is 0.143. The van der Waals surface area contributed by atoms with Gasteiger partial charge in [-0.1, -0.05) is 19.9 Å². The summed E-state index contributed by atoms with van der Waals surface area (Å²) in [6, 6.07) is 6.94. The Hall–Kier alpha value is -1.35. The van der Waals surface area contributed by atoms with Crippen molar-refractivity contribution in [2.24, 2.45) is 5.92 Å². The van der Waals surface area contributed by atoms with Crippen LogP contribution in [0.15, 0.2) is 18.2 Å². The molecule has 0 aliphatic carbocycles. The summed E-state index contributed by atoms with van der Waals surface area (Å²) in [5, 5.41) is 0. The summed E-state index contributed by atoms with van der Waals surface area (Å²) < 4.78 is 0. The Morgan fingerprint density at radius 3 is 2.80 bits per heavy atom. The molecule has 20 heavy (non-hydrogen) atoms. The van der Waals surface area contributed by atoms with Gasteiger partial charge in [-0.3, -0.25) is 4.90 Å². The highest BCUT2D eigenvalue weighted by molar-refractivity contribution is 5.76. The number of aromatic nitrogens is 2. The molecule has 1 unspecified atom stereocenters. The van der Waals surface area contributed by atoms with E-state index in [9.17, 15) is 0 Å². The van der Waals surface area contributed by atoms with Gasteiger partial charge >= 0.3 is 0 Å². The van der Waals surface area contributed by atoms with Gasteiger partial charge in [0.2, 0.25) is 0 Å². The van der Waals surface area contributed by atoms with Crippen LogP contribution in [0.4, 0.5) is 0 Å². The van der Waals surface area contributed by atoms with Crippen LogP contribution < -0.4 is 0 Å². The first kappa shape index (κ1) is 13.6. The maximum absolute atomic E-state index is 4.79. The zero-order valence-electron chi connectivity index (χ0n) is 12.8. The van der Waals surface area contributed by atoms with Crippen molar-refractivity contribution in [3.8, 4) is 0 Å². The van der Waals surface area contributed by atoms with Gasteiger partial charge in [0.05, 0.1) is 17.1 Å². The second kappa shape index (κ2) is 5.57. The predicted octanol–water partition coefficient (Wildman–Crippen LogP) is 3.92. The van der Waals surface area contributed by atoms with Gasteiger partial charge in [-0.25, -0.2) is 4.98 Å². The molecule has 0 radical (unpaired) electrons. The van der Waals surface area contributed by atoms with Crippen LogP contribution in [-0.2, 0) is 6.42 Å². The van der Waals surface area contributed by atoms with Crippen molar-refractivity contribution in [1.29, 1.82) is 0 Å². The number of hydrogen-bond acceptors (Lipinski definition) is 2. The van der Waals surface area contributed by atoms with Crippen LogP contribution in [0, 0.1) is 5.92 Å². The third-order valence-corrected chi connectivity index (χ3v) is 4.73. The largest absolute Gasteiger partial charge is 0.341 e. The van der Waals surface area contributed by atoms with Gasteiger partial charge in [-0.05, 0) is 62.9 Å². The zero-order chi connectivity index (χ0) is 14.1. The third-order valence-electron chi connectivity index (χ3n) is 4.73. The summed E-state index contributed by atoms with van der Waals surface area (Å²) in [7, 11) is 0. The topological polar surface area (TPSA) is 31.9 Å². The second-order valence-corrected chi connectivity index (χ2v) is 6.22. The quantitative estimate of drug-likeness (QED) is 0.917. The van der Waals surface area contributed by atoms with Crippen molar-refractivity contribution >= 4 is 11.0 Å². The summed E-state index contributed by atoms with van der Waals surface area (Å²) in [5.41, 5.74) is 3.64. The minimum atomic E-state index is 0.389. The minimum Gasteiger partial charge on any atom is -0.341 e. The predicted molar refractivity (Wildman–Crippen MR) is 83.9 cm³/mol. The van der Waals surface area contributed by atoms with Crippen molar-refractivity contribution in [3.05, 3.63) is 29.6 Å². The number of benzene rings is 1. The molecule has 0 spiro atoms. The summed E-state index contributed by atoms with van der Waals surface area (Å²) in [4.78, 5) is 10.9. The molecule has 1 aromatic heterocycles. The number of nitrogens with one attached hydrogen (secondary N) is 1. The molecule has 0 bridgehead atoms. The van der Waals surface area contributed by atoms with Crippen LogP contribution in [0.25, 0.3) is 11.0 Å². The maximum Gasteiger partial charge on any atom is 0.124 e. The molecule has 1 saturated heterocycles. The number of H-pyrrole nitrogens is 1. The molecule has 1 aromatic carbocycles. The number of fused-ring (bicyclic) bond motifs is 1. The normalized spacial score (nSPS) is 19.6. The van der Waals surface area contributed by atoms with Crippen LogP contribution in [0.3, 0.4) is 0 Å². The fourth-order valence-corrected chi connectivity index (χ4v) is 3.08. The monoisotopic (exact) mass is 271 g/mol. The molecule has 3 heteroatoms. The fraction of sp³-hybridized carbons (Fsp3) is 0.588. The first-order valence-corrected chi connectivity index (χ1v) is 7.90. The molecule has 1 aliphatic heterocycles. The van der Waals surface area contributed by atoms with Crippen molar-refractivity contribution in [3.63, 3.8) is 0 Å². The lowest BCUT2D eigenvalue weighted by Gasteiger charge is -2.33. The summed E-state index contributed by atoms with van der Waals surface area (Å²) in [6.45, 7) is 9.21. The van der Waals surface area contributed by atoms with Crippen molar-refractivity contribution in [2.75, 3.05) is 13.1 Å². The molecule has 1 N–H and O–H groups in total. The summed E-state index contributed by atoms with van der Waals surface area (Å²) in [5.74, 6) is 1.99. The van der Waals surface area contributed by atoms with Gasteiger partial charge in [-0.15, -0.1) is 0 Å². The fourth-order valence-electron chi connectivity index (χ4n) is 3.08. The summed E-state index contributed by atoms with van der Waals surface area (Å²) in [6.07, 6.45) is 3.69. The number of aryl methyl sites for hydroxylation is 1. The van der Waals surface area contributed by atoms with Gasteiger partial charge in [-0.2, -0.15) is 0 Å². The molecule has 3 rings (SSSR count). The smallest absolute Gasteiger partial charge is 0.124 e. The van der Waals surface area contributed by atoms with Crippen LogP contribution in [0.2, 0.25) is 0 Å². The SMILES string of the molecule is CCc1ccc2nc(C(C)N3CCC(C)CC3)[nH]c2c1. The highest BCUT2D eigenvalue weighted by Gasteiger charge is 2.23. The highest BCUT2D eigenvalue weighted by Crippen LogP contribution is 2.26. The highest BCUT2D eigenvalue weighted by atomic mass is 15.2. The Morgan fingerprint density at radius 1 is 1.35 bits per heavy atom. The zero-order valence-corrected chi connectivity index (χ0v) is 12.8. The standard InChI is InChI=1S/C17H25N3/c1-4-14-5-6-15-16(11-14)19-17(18-15)13(3)20-9-7-12(2)8-10-20/h5-6,11-13H,4,7-10H2,1-3H3,(H,18,19). The van der Waals surface area contributed by atoms with Crippen LogP contribution in [0.1, 0.15) is 51.0 Å². The molecule has 1 atom stereocenters. The Kier molecular flexibility index (Phi) is 3.79. The van der Waals surface area contributed by atoms with E-state index < -0.39 is 0 Å². The van der Waals surface area contributed by atoms with Gasteiger partial charge < -0.3 is 4.98 Å². The molecule has 108 valence electrons. The molecule has 1 fully saturated rings. The second-order valence-electron chi connectivity index (χ2n) is 6.22. The minimum absolute atomic E-state index is 0.389. The van der Waals surface area contributed by atoms with E-state index in [1.165, 1.54) is 37.0 Å². The molecule has 0 amide bonds. The first-order valence-electron chi connectivity index (χ1n) is 7.90. The Labute approximate surface area is 121 Å². The Balaban J connectivity index is 1.82. The number of hydrogen-bond donors (Lipinski definition) is 1. The van der Waals surface area contributed by atoms with Gasteiger partial charge in [0, 0.05) is 0 Å². The van der Waals surface area contributed by atoms with Gasteiger partial charge in [0.15, 0.2) is 0 Å². The van der Waals surface area contributed by atoms with E-state index in [0.29, 0.717) is 6.04 Å². The van der Waals surface area contributed by atoms with Crippen LogP contribution >= 0.6 is 0 Å². The molecular weight excluding hydrogens is 246 g/mol. The molecule has 1 aliphatic rings. The Morgan fingerprint density at radius 2 is 2.10 bits per heavy atom. The van der Waals surface area contributed by atoms with Crippen LogP contribution in [0.5, 0.6) is 0 Å². The molecule has 0 saturated carbocycles. The van der Waals surface area contributed by atoms with Crippen molar-refractivity contribution in [2.45, 2.75) is 46.1 Å². The van der Waals surface area contributed by atoms with Gasteiger partial charge in [0.1, 0.15) is 5.82 Å². The number of aromatic amines is 1.